The molecule has 8 heteroatoms. The Morgan fingerprint density at radius 1 is 1.11 bits per heavy atom. The highest BCUT2D eigenvalue weighted by molar-refractivity contribution is 5.94. The van der Waals surface area contributed by atoms with Crippen LogP contribution in [0.15, 0.2) is 24.3 Å². The summed E-state index contributed by atoms with van der Waals surface area (Å²) in [5, 5.41) is 2.85. The zero-order chi connectivity index (χ0) is 20.7. The Morgan fingerprint density at radius 3 is 2.46 bits per heavy atom. The molecule has 1 N–H and O–H groups in total. The number of fused-ring (bicyclic) bond motifs is 1. The Hall–Kier alpha value is -2.09. The van der Waals surface area contributed by atoms with Crippen LogP contribution in [0, 0.1) is 5.41 Å². The summed E-state index contributed by atoms with van der Waals surface area (Å²) in [6.45, 7) is 8.35. The lowest BCUT2D eigenvalue weighted by Gasteiger charge is -2.39. The number of nitrogens with zero attached hydrogens (tertiary/aromatic N) is 2. The summed E-state index contributed by atoms with van der Waals surface area (Å²) in [5.74, 6) is -0.387. The van der Waals surface area contributed by atoms with E-state index in [-0.39, 0.29) is 23.6 Å². The third-order valence-corrected chi connectivity index (χ3v) is 5.33. The predicted molar refractivity (Wildman–Crippen MR) is 98.7 cm³/mol. The number of benzene rings is 1. The number of hydrogen-bond acceptors (Lipinski definition) is 3. The van der Waals surface area contributed by atoms with Crippen LogP contribution in [0.2, 0.25) is 0 Å². The van der Waals surface area contributed by atoms with E-state index < -0.39 is 23.1 Å². The zero-order valence-electron chi connectivity index (χ0n) is 16.3. The number of carbonyl (C=O) groups excluding carboxylic acids is 2. The van der Waals surface area contributed by atoms with E-state index in [0.717, 1.165) is 18.7 Å². The minimum Gasteiger partial charge on any atom is -0.348 e. The summed E-state index contributed by atoms with van der Waals surface area (Å²) in [7, 11) is 0. The van der Waals surface area contributed by atoms with Gasteiger partial charge >= 0.3 is 6.18 Å². The molecule has 2 aliphatic rings. The van der Waals surface area contributed by atoms with Crippen LogP contribution in [-0.2, 0) is 11.0 Å². The molecule has 0 spiro atoms. The molecule has 2 unspecified atom stereocenters. The first-order valence-electron chi connectivity index (χ1n) is 9.46. The average Bonchev–Trinajstić information content (AvgIpc) is 3.00. The summed E-state index contributed by atoms with van der Waals surface area (Å²) < 4.78 is 38.6. The number of amides is 2. The minimum absolute atomic E-state index is 0.00392. The Bertz CT molecular complexity index is 758. The highest BCUT2D eigenvalue weighted by atomic mass is 19.4. The fourth-order valence-corrected chi connectivity index (χ4v) is 3.91. The highest BCUT2D eigenvalue weighted by Gasteiger charge is 2.40. The van der Waals surface area contributed by atoms with Crippen molar-refractivity contribution in [2.45, 2.75) is 45.5 Å². The maximum absolute atomic E-state index is 12.9. The van der Waals surface area contributed by atoms with Gasteiger partial charge < -0.3 is 10.2 Å². The van der Waals surface area contributed by atoms with Gasteiger partial charge in [-0.25, -0.2) is 0 Å². The van der Waals surface area contributed by atoms with E-state index in [4.69, 9.17) is 0 Å². The molecule has 5 nitrogen and oxygen atoms in total. The molecule has 0 radical (unpaired) electrons. The van der Waals surface area contributed by atoms with E-state index in [9.17, 15) is 22.8 Å². The number of hydrogen-bond donors (Lipinski definition) is 1. The first-order chi connectivity index (χ1) is 12.9. The molecule has 0 aromatic heterocycles. The monoisotopic (exact) mass is 397 g/mol. The van der Waals surface area contributed by atoms with Crippen LogP contribution >= 0.6 is 0 Å². The van der Waals surface area contributed by atoms with E-state index in [0.29, 0.717) is 26.1 Å². The van der Waals surface area contributed by atoms with Crippen molar-refractivity contribution in [3.05, 3.63) is 35.4 Å². The van der Waals surface area contributed by atoms with E-state index in [1.807, 2.05) is 25.7 Å². The summed E-state index contributed by atoms with van der Waals surface area (Å²) in [5.41, 5.74) is -1.26. The lowest BCUT2D eigenvalue weighted by molar-refractivity contribution is -0.142. The normalized spacial score (nSPS) is 23.4. The van der Waals surface area contributed by atoms with Gasteiger partial charge in [0.15, 0.2) is 0 Å². The average molecular weight is 397 g/mol. The van der Waals surface area contributed by atoms with E-state index in [2.05, 4.69) is 10.2 Å². The number of carbonyl (C=O) groups is 2. The van der Waals surface area contributed by atoms with E-state index >= 15 is 0 Å². The number of piperazine rings is 1. The Balaban J connectivity index is 1.61. The second-order valence-corrected chi connectivity index (χ2v) is 8.63. The van der Waals surface area contributed by atoms with Crippen molar-refractivity contribution in [1.29, 1.82) is 0 Å². The second kappa shape index (κ2) is 7.39. The van der Waals surface area contributed by atoms with Crippen molar-refractivity contribution in [2.24, 2.45) is 5.41 Å². The van der Waals surface area contributed by atoms with Crippen LogP contribution < -0.4 is 5.32 Å². The Morgan fingerprint density at radius 2 is 1.82 bits per heavy atom. The van der Waals surface area contributed by atoms with Gasteiger partial charge in [-0.2, -0.15) is 13.2 Å². The molecular formula is C20H26F3N3O2. The fourth-order valence-electron chi connectivity index (χ4n) is 3.91. The number of nitrogens with one attached hydrogen (secondary N) is 1. The Kier molecular flexibility index (Phi) is 5.44. The molecule has 28 heavy (non-hydrogen) atoms. The van der Waals surface area contributed by atoms with Crippen LogP contribution in [-0.4, -0.2) is 59.9 Å². The lowest BCUT2D eigenvalue weighted by Crippen LogP contribution is -2.54. The molecule has 3 rings (SSSR count). The summed E-state index contributed by atoms with van der Waals surface area (Å²) in [4.78, 5) is 29.1. The van der Waals surface area contributed by atoms with Crippen molar-refractivity contribution in [1.82, 2.24) is 15.1 Å². The molecule has 2 aliphatic heterocycles. The van der Waals surface area contributed by atoms with Gasteiger partial charge in [0.25, 0.3) is 5.91 Å². The van der Waals surface area contributed by atoms with Crippen molar-refractivity contribution >= 4 is 11.8 Å². The van der Waals surface area contributed by atoms with Crippen LogP contribution in [0.1, 0.15) is 43.1 Å². The molecule has 2 saturated heterocycles. The van der Waals surface area contributed by atoms with Crippen molar-refractivity contribution in [2.75, 3.05) is 26.2 Å². The van der Waals surface area contributed by atoms with Gasteiger partial charge in [0.2, 0.25) is 5.91 Å². The first-order valence-corrected chi connectivity index (χ1v) is 9.46. The number of alkyl halides is 3. The Labute approximate surface area is 162 Å². The van der Waals surface area contributed by atoms with Crippen LogP contribution in [0.4, 0.5) is 13.2 Å². The second-order valence-electron chi connectivity index (χ2n) is 8.63. The van der Waals surface area contributed by atoms with Gasteiger partial charge in [0.1, 0.15) is 0 Å². The van der Waals surface area contributed by atoms with Crippen LogP contribution in [0.25, 0.3) is 0 Å². The fraction of sp³-hybridized carbons (Fsp3) is 0.600. The minimum atomic E-state index is -4.48. The van der Waals surface area contributed by atoms with Gasteiger partial charge in [-0.15, -0.1) is 0 Å². The predicted octanol–water partition coefficient (Wildman–Crippen LogP) is 2.77. The number of rotatable bonds is 2. The van der Waals surface area contributed by atoms with Crippen molar-refractivity contribution in [3.63, 3.8) is 0 Å². The van der Waals surface area contributed by atoms with Gasteiger partial charge in [0.05, 0.1) is 5.56 Å². The molecule has 0 saturated carbocycles. The first kappa shape index (κ1) is 20.6. The van der Waals surface area contributed by atoms with Gasteiger partial charge in [-0.05, 0) is 24.6 Å². The van der Waals surface area contributed by atoms with Crippen molar-refractivity contribution in [3.8, 4) is 0 Å². The maximum atomic E-state index is 12.9. The third kappa shape index (κ3) is 4.48. The molecule has 0 aliphatic carbocycles. The molecule has 0 bridgehead atoms. The molecule has 2 amide bonds. The molecule has 1 aromatic carbocycles. The standard InChI is InChI=1S/C20H26F3N3O2/c1-19(2,3)18(28)26-8-7-25-11-15(10-16(25)12-26)24-17(27)13-5-4-6-14(9-13)20(21,22)23/h4-6,9,15-16H,7-8,10-12H2,1-3H3,(H,24,27). The maximum Gasteiger partial charge on any atom is 0.416 e. The third-order valence-electron chi connectivity index (χ3n) is 5.33. The molecule has 2 heterocycles. The quantitative estimate of drug-likeness (QED) is 0.835. The van der Waals surface area contributed by atoms with Gasteiger partial charge in [0, 0.05) is 49.2 Å². The largest absolute Gasteiger partial charge is 0.416 e. The smallest absolute Gasteiger partial charge is 0.348 e. The van der Waals surface area contributed by atoms with Crippen LogP contribution in [0.3, 0.4) is 0 Å². The van der Waals surface area contributed by atoms with E-state index in [1.54, 1.807) is 0 Å². The zero-order valence-corrected chi connectivity index (χ0v) is 16.3. The molecule has 2 fully saturated rings. The van der Waals surface area contributed by atoms with E-state index in [1.165, 1.54) is 12.1 Å². The number of halogens is 3. The SMILES string of the molecule is CC(C)(C)C(=O)N1CCN2CC(NC(=O)c3cccc(C(F)(F)F)c3)CC2C1. The lowest BCUT2D eigenvalue weighted by atomic mass is 9.94. The van der Waals surface area contributed by atoms with Gasteiger partial charge in [-0.3, -0.25) is 14.5 Å². The summed E-state index contributed by atoms with van der Waals surface area (Å²) >= 11 is 0. The topological polar surface area (TPSA) is 52.7 Å². The highest BCUT2D eigenvalue weighted by Crippen LogP contribution is 2.30. The van der Waals surface area contributed by atoms with Crippen molar-refractivity contribution < 1.29 is 22.8 Å². The molecule has 154 valence electrons. The van der Waals surface area contributed by atoms with Gasteiger partial charge in [-0.1, -0.05) is 26.8 Å². The summed E-state index contributed by atoms with van der Waals surface area (Å²) in [6, 6.07) is 4.47. The van der Waals surface area contributed by atoms with Crippen LogP contribution in [0.5, 0.6) is 0 Å². The summed E-state index contributed by atoms with van der Waals surface area (Å²) in [6.07, 6.45) is -3.80. The molecule has 2 atom stereocenters. The molecular weight excluding hydrogens is 371 g/mol. The molecule has 1 aromatic rings.